The Kier molecular flexibility index (Phi) is 10.7. The topological polar surface area (TPSA) is 82.8 Å². The molecule has 1 aliphatic rings. The van der Waals surface area contributed by atoms with Gasteiger partial charge in [-0.1, -0.05) is 48.0 Å². The Morgan fingerprint density at radius 3 is 2.72 bits per heavy atom. The van der Waals surface area contributed by atoms with Crippen molar-refractivity contribution in [1.82, 2.24) is 15.5 Å². The maximum absolute atomic E-state index is 11.5. The normalized spacial score (nSPS) is 17.8. The molecule has 0 aliphatic carbocycles. The Morgan fingerprint density at radius 2 is 2.00 bits per heavy atom. The second-order valence-electron chi connectivity index (χ2n) is 8.14. The Morgan fingerprint density at radius 1 is 1.25 bits per heavy atom. The first-order valence-corrected chi connectivity index (χ1v) is 11.1. The van der Waals surface area contributed by atoms with E-state index < -0.39 is 0 Å². The van der Waals surface area contributed by atoms with Gasteiger partial charge in [-0.3, -0.25) is 14.7 Å². The zero-order valence-electron chi connectivity index (χ0n) is 18.7. The van der Waals surface area contributed by atoms with Crippen molar-refractivity contribution in [2.24, 2.45) is 16.6 Å². The number of nitrogens with zero attached hydrogens (tertiary/aromatic N) is 2. The van der Waals surface area contributed by atoms with Crippen LogP contribution in [0.2, 0.25) is 5.02 Å². The molecule has 32 heavy (non-hydrogen) atoms. The molecule has 0 radical (unpaired) electrons. The predicted molar refractivity (Wildman–Crippen MR) is 142 cm³/mol. The highest BCUT2D eigenvalue weighted by molar-refractivity contribution is 14.0. The summed E-state index contributed by atoms with van der Waals surface area (Å²) in [6.07, 6.45) is 1.91. The van der Waals surface area contributed by atoms with Gasteiger partial charge in [0.2, 0.25) is 5.91 Å². The van der Waals surface area contributed by atoms with Crippen LogP contribution in [-0.2, 0) is 17.9 Å². The molecular formula is C24H33ClIN5O. The van der Waals surface area contributed by atoms with Crippen molar-refractivity contribution in [1.29, 1.82) is 0 Å². The minimum Gasteiger partial charge on any atom is -0.369 e. The highest BCUT2D eigenvalue weighted by Crippen LogP contribution is 2.19. The van der Waals surface area contributed by atoms with E-state index in [1.807, 2.05) is 24.3 Å². The number of guanidine groups is 1. The van der Waals surface area contributed by atoms with Gasteiger partial charge < -0.3 is 16.4 Å². The van der Waals surface area contributed by atoms with Gasteiger partial charge in [0, 0.05) is 31.7 Å². The predicted octanol–water partition coefficient (Wildman–Crippen LogP) is 4.08. The molecule has 2 unspecified atom stereocenters. The third kappa shape index (κ3) is 7.94. The molecule has 0 aromatic heterocycles. The van der Waals surface area contributed by atoms with E-state index in [1.165, 1.54) is 11.1 Å². The van der Waals surface area contributed by atoms with E-state index in [0.717, 1.165) is 49.0 Å². The summed E-state index contributed by atoms with van der Waals surface area (Å²) in [6, 6.07) is 16.4. The number of carbonyl (C=O) groups is 1. The molecule has 2 aromatic rings. The van der Waals surface area contributed by atoms with Crippen LogP contribution in [0.4, 0.5) is 0 Å². The maximum Gasteiger partial charge on any atom is 0.221 e. The monoisotopic (exact) mass is 569 g/mol. The average molecular weight is 570 g/mol. The van der Waals surface area contributed by atoms with Crippen LogP contribution in [0.25, 0.3) is 0 Å². The SMILES string of the molecule is CN=C(NCc1cccc(CN2CCCC(C(N)=O)C2)c1)NC(C)c1cccc(Cl)c1.I. The van der Waals surface area contributed by atoms with Crippen molar-refractivity contribution >= 4 is 47.4 Å². The number of likely N-dealkylation sites (tertiary alicyclic amines) is 1. The Labute approximate surface area is 213 Å². The summed E-state index contributed by atoms with van der Waals surface area (Å²) in [5.74, 6) is 0.515. The van der Waals surface area contributed by atoms with E-state index in [2.05, 4.69) is 51.7 Å². The zero-order chi connectivity index (χ0) is 22.2. The van der Waals surface area contributed by atoms with Gasteiger partial charge in [-0.15, -0.1) is 24.0 Å². The summed E-state index contributed by atoms with van der Waals surface area (Å²) in [4.78, 5) is 18.2. The number of carbonyl (C=O) groups excluding carboxylic acids is 1. The number of nitrogens with one attached hydrogen (secondary N) is 2. The standard InChI is InChI=1S/C24H32ClN5O.HI/c1-17(20-8-4-10-22(25)13-20)29-24(27-2)28-14-18-6-3-7-19(12-18)15-30-11-5-9-21(16-30)23(26)31;/h3-4,6-8,10,12-13,17,21H,5,9,11,14-16H2,1-2H3,(H2,26,31)(H2,27,28,29);1H. The van der Waals surface area contributed by atoms with Gasteiger partial charge in [-0.05, 0) is 55.1 Å². The van der Waals surface area contributed by atoms with E-state index >= 15 is 0 Å². The van der Waals surface area contributed by atoms with Crippen LogP contribution in [-0.4, -0.2) is 36.9 Å². The smallest absolute Gasteiger partial charge is 0.221 e. The quantitative estimate of drug-likeness (QED) is 0.267. The summed E-state index contributed by atoms with van der Waals surface area (Å²) >= 11 is 6.11. The number of piperidine rings is 1. The van der Waals surface area contributed by atoms with Gasteiger partial charge in [0.25, 0.3) is 0 Å². The van der Waals surface area contributed by atoms with Crippen LogP contribution in [0.5, 0.6) is 0 Å². The maximum atomic E-state index is 11.5. The van der Waals surface area contributed by atoms with E-state index in [-0.39, 0.29) is 41.8 Å². The van der Waals surface area contributed by atoms with Crippen molar-refractivity contribution in [3.05, 3.63) is 70.2 Å². The Hall–Kier alpha value is -1.84. The first kappa shape index (κ1) is 26.4. The van der Waals surface area contributed by atoms with Crippen molar-refractivity contribution < 1.29 is 4.79 Å². The number of hydrogen-bond acceptors (Lipinski definition) is 3. The minimum atomic E-state index is -0.187. The molecule has 2 aromatic carbocycles. The lowest BCUT2D eigenvalue weighted by atomic mass is 9.97. The number of amides is 1. The third-order valence-corrected chi connectivity index (χ3v) is 5.93. The largest absolute Gasteiger partial charge is 0.369 e. The molecule has 1 amide bonds. The molecule has 3 rings (SSSR count). The summed E-state index contributed by atoms with van der Waals surface area (Å²) in [6.45, 7) is 5.33. The number of aliphatic imine (C=N–C) groups is 1. The molecule has 0 saturated carbocycles. The first-order valence-electron chi connectivity index (χ1n) is 10.8. The molecule has 2 atom stereocenters. The van der Waals surface area contributed by atoms with Crippen LogP contribution >= 0.6 is 35.6 Å². The second-order valence-corrected chi connectivity index (χ2v) is 8.58. The number of hydrogen-bond donors (Lipinski definition) is 3. The van der Waals surface area contributed by atoms with Gasteiger partial charge in [-0.25, -0.2) is 0 Å². The van der Waals surface area contributed by atoms with Gasteiger partial charge in [0.15, 0.2) is 5.96 Å². The summed E-state index contributed by atoms with van der Waals surface area (Å²) < 4.78 is 0. The Balaban J connectivity index is 0.00000363. The molecule has 174 valence electrons. The van der Waals surface area contributed by atoms with Crippen LogP contribution in [0.15, 0.2) is 53.5 Å². The fourth-order valence-electron chi connectivity index (χ4n) is 3.97. The van der Waals surface area contributed by atoms with Crippen LogP contribution in [0, 0.1) is 5.92 Å². The van der Waals surface area contributed by atoms with Crippen LogP contribution in [0.1, 0.15) is 42.5 Å². The lowest BCUT2D eigenvalue weighted by Crippen LogP contribution is -2.40. The minimum absolute atomic E-state index is 0. The molecule has 1 aliphatic heterocycles. The van der Waals surface area contributed by atoms with E-state index in [4.69, 9.17) is 17.3 Å². The van der Waals surface area contributed by atoms with Crippen molar-refractivity contribution in [2.45, 2.75) is 38.9 Å². The third-order valence-electron chi connectivity index (χ3n) is 5.69. The molecule has 6 nitrogen and oxygen atoms in total. The molecule has 4 N–H and O–H groups in total. The number of rotatable bonds is 7. The molecule has 0 bridgehead atoms. The van der Waals surface area contributed by atoms with E-state index in [9.17, 15) is 4.79 Å². The van der Waals surface area contributed by atoms with E-state index in [1.54, 1.807) is 7.05 Å². The Bertz CT molecular complexity index is 923. The van der Waals surface area contributed by atoms with E-state index in [0.29, 0.717) is 6.54 Å². The number of primary amides is 1. The summed E-state index contributed by atoms with van der Waals surface area (Å²) in [5.41, 5.74) is 9.03. The molecule has 0 spiro atoms. The van der Waals surface area contributed by atoms with Gasteiger partial charge in [0.05, 0.1) is 12.0 Å². The fraction of sp³-hybridized carbons (Fsp3) is 0.417. The molecule has 1 heterocycles. The van der Waals surface area contributed by atoms with Crippen molar-refractivity contribution in [3.63, 3.8) is 0 Å². The highest BCUT2D eigenvalue weighted by atomic mass is 127. The molecule has 8 heteroatoms. The highest BCUT2D eigenvalue weighted by Gasteiger charge is 2.23. The average Bonchev–Trinajstić information content (AvgIpc) is 2.77. The fourth-order valence-corrected chi connectivity index (χ4v) is 4.17. The van der Waals surface area contributed by atoms with Crippen molar-refractivity contribution in [3.8, 4) is 0 Å². The summed E-state index contributed by atoms with van der Waals surface area (Å²) in [7, 11) is 1.77. The number of benzene rings is 2. The number of halogens is 2. The van der Waals surface area contributed by atoms with Crippen molar-refractivity contribution in [2.75, 3.05) is 20.1 Å². The molecule has 1 saturated heterocycles. The lowest BCUT2D eigenvalue weighted by molar-refractivity contribution is -0.123. The number of nitrogens with two attached hydrogens (primary N) is 1. The van der Waals surface area contributed by atoms with Gasteiger partial charge >= 0.3 is 0 Å². The molecule has 1 fully saturated rings. The first-order chi connectivity index (χ1) is 14.9. The zero-order valence-corrected chi connectivity index (χ0v) is 21.8. The van der Waals surface area contributed by atoms with Gasteiger partial charge in [0.1, 0.15) is 0 Å². The molecular weight excluding hydrogens is 537 g/mol. The van der Waals surface area contributed by atoms with Crippen LogP contribution in [0.3, 0.4) is 0 Å². The lowest BCUT2D eigenvalue weighted by Gasteiger charge is -2.31. The van der Waals surface area contributed by atoms with Gasteiger partial charge in [-0.2, -0.15) is 0 Å². The van der Waals surface area contributed by atoms with Crippen LogP contribution < -0.4 is 16.4 Å². The second kappa shape index (κ2) is 13.0. The summed E-state index contributed by atoms with van der Waals surface area (Å²) in [5, 5.41) is 7.51.